The van der Waals surface area contributed by atoms with Gasteiger partial charge in [-0.15, -0.1) is 0 Å². The van der Waals surface area contributed by atoms with Crippen LogP contribution in [0.2, 0.25) is 5.02 Å². The zero-order valence-electron chi connectivity index (χ0n) is 16.9. The molecule has 0 radical (unpaired) electrons. The number of aliphatic hydroxyl groups is 1. The molecule has 5 nitrogen and oxygen atoms in total. The number of Topliss-reactive ketones (excluding diaryl/α,β-unsaturated/α-hetero) is 1. The number of aliphatic hydroxyl groups excluding tert-OH is 1. The highest BCUT2D eigenvalue weighted by molar-refractivity contribution is 6.30. The fourth-order valence-electron chi connectivity index (χ4n) is 3.72. The van der Waals surface area contributed by atoms with E-state index >= 15 is 0 Å². The second kappa shape index (κ2) is 8.70. The van der Waals surface area contributed by atoms with Gasteiger partial charge in [-0.05, 0) is 55.8 Å². The molecule has 1 amide bonds. The summed E-state index contributed by atoms with van der Waals surface area (Å²) in [4.78, 5) is 29.2. The number of hydrogen-bond acceptors (Lipinski definition) is 4. The van der Waals surface area contributed by atoms with Gasteiger partial charge < -0.3 is 10.0 Å². The topological polar surface area (TPSA) is 60.9 Å². The average molecular weight is 413 g/mol. The molecule has 0 spiro atoms. The van der Waals surface area contributed by atoms with Crippen molar-refractivity contribution in [3.63, 3.8) is 0 Å². The zero-order valence-corrected chi connectivity index (χ0v) is 17.6. The maximum atomic E-state index is 12.9. The molecule has 1 unspecified atom stereocenters. The Balaban J connectivity index is 2.09. The van der Waals surface area contributed by atoms with Crippen molar-refractivity contribution in [3.8, 4) is 0 Å². The standard InChI is InChI=1S/C23H25ClN2O3/c1-4-19(27)20-21(15-7-11-17(12-8-15)25(5-2)6-3)26(23(29)22(20)28)18-13-9-16(24)10-14-18/h7-14,21,28H,4-6H2,1-3H3. The third kappa shape index (κ3) is 3.87. The monoisotopic (exact) mass is 412 g/mol. The number of benzene rings is 2. The summed E-state index contributed by atoms with van der Waals surface area (Å²) in [7, 11) is 0. The van der Waals surface area contributed by atoms with Crippen LogP contribution in [0.15, 0.2) is 59.9 Å². The predicted molar refractivity (Wildman–Crippen MR) is 117 cm³/mol. The largest absolute Gasteiger partial charge is 0.503 e. The van der Waals surface area contributed by atoms with Crippen molar-refractivity contribution in [2.75, 3.05) is 22.9 Å². The van der Waals surface area contributed by atoms with Crippen LogP contribution in [-0.4, -0.2) is 29.9 Å². The molecule has 0 fully saturated rings. The van der Waals surface area contributed by atoms with Crippen molar-refractivity contribution in [2.45, 2.75) is 33.2 Å². The minimum Gasteiger partial charge on any atom is -0.503 e. The summed E-state index contributed by atoms with van der Waals surface area (Å²) in [5, 5.41) is 11.1. The van der Waals surface area contributed by atoms with Gasteiger partial charge in [0.2, 0.25) is 0 Å². The molecule has 2 aromatic rings. The second-order valence-corrected chi connectivity index (χ2v) is 7.29. The fourth-order valence-corrected chi connectivity index (χ4v) is 3.85. The number of nitrogens with zero attached hydrogens (tertiary/aromatic N) is 2. The van der Waals surface area contributed by atoms with E-state index in [1.54, 1.807) is 31.2 Å². The lowest BCUT2D eigenvalue weighted by atomic mass is 9.94. The molecule has 2 aromatic carbocycles. The van der Waals surface area contributed by atoms with Crippen molar-refractivity contribution in [3.05, 3.63) is 70.4 Å². The Bertz CT molecular complexity index is 932. The smallest absolute Gasteiger partial charge is 0.294 e. The van der Waals surface area contributed by atoms with Gasteiger partial charge in [0.15, 0.2) is 11.5 Å². The Morgan fingerprint density at radius 2 is 1.62 bits per heavy atom. The summed E-state index contributed by atoms with van der Waals surface area (Å²) < 4.78 is 0. The van der Waals surface area contributed by atoms with Gasteiger partial charge >= 0.3 is 0 Å². The van der Waals surface area contributed by atoms with Gasteiger partial charge in [-0.3, -0.25) is 14.5 Å². The van der Waals surface area contributed by atoms with Gasteiger partial charge in [0.05, 0.1) is 11.6 Å². The summed E-state index contributed by atoms with van der Waals surface area (Å²) in [5.41, 5.74) is 2.55. The fraction of sp³-hybridized carbons (Fsp3) is 0.304. The highest BCUT2D eigenvalue weighted by Crippen LogP contribution is 2.41. The molecular weight excluding hydrogens is 388 g/mol. The number of rotatable bonds is 7. The van der Waals surface area contributed by atoms with Crippen molar-refractivity contribution in [1.29, 1.82) is 0 Å². The molecule has 1 N–H and O–H groups in total. The predicted octanol–water partition coefficient (Wildman–Crippen LogP) is 5.07. The van der Waals surface area contributed by atoms with Gasteiger partial charge in [0.25, 0.3) is 5.91 Å². The van der Waals surface area contributed by atoms with Crippen LogP contribution in [0.3, 0.4) is 0 Å². The average Bonchev–Trinajstić information content (AvgIpc) is 3.00. The van der Waals surface area contributed by atoms with Crippen LogP contribution < -0.4 is 9.80 Å². The molecule has 3 rings (SSSR count). The van der Waals surface area contributed by atoms with Crippen LogP contribution >= 0.6 is 11.6 Å². The summed E-state index contributed by atoms with van der Waals surface area (Å²) in [5.74, 6) is -1.31. The van der Waals surface area contributed by atoms with Gasteiger partial charge in [0.1, 0.15) is 0 Å². The van der Waals surface area contributed by atoms with Gasteiger partial charge in [-0.1, -0.05) is 30.7 Å². The number of hydrogen-bond donors (Lipinski definition) is 1. The van der Waals surface area contributed by atoms with E-state index in [9.17, 15) is 14.7 Å². The first-order chi connectivity index (χ1) is 13.9. The summed E-state index contributed by atoms with van der Waals surface area (Å²) in [6, 6.07) is 13.9. The Kier molecular flexibility index (Phi) is 6.28. The number of ketones is 1. The number of carbonyl (C=O) groups is 2. The molecule has 1 aliphatic rings. The maximum Gasteiger partial charge on any atom is 0.294 e. The Labute approximate surface area is 176 Å². The second-order valence-electron chi connectivity index (χ2n) is 6.86. The highest BCUT2D eigenvalue weighted by atomic mass is 35.5. The van der Waals surface area contributed by atoms with Crippen LogP contribution in [0, 0.1) is 0 Å². The third-order valence-electron chi connectivity index (χ3n) is 5.27. The Morgan fingerprint density at radius 1 is 1.03 bits per heavy atom. The molecule has 1 atom stereocenters. The van der Waals surface area contributed by atoms with E-state index in [1.165, 1.54) is 4.90 Å². The van der Waals surface area contributed by atoms with Crippen molar-refractivity contribution < 1.29 is 14.7 Å². The van der Waals surface area contributed by atoms with Gasteiger partial charge in [-0.2, -0.15) is 0 Å². The summed E-state index contributed by atoms with van der Waals surface area (Å²) in [6.07, 6.45) is 0.204. The third-order valence-corrected chi connectivity index (χ3v) is 5.52. The Hall–Kier alpha value is -2.79. The molecule has 0 aliphatic carbocycles. The van der Waals surface area contributed by atoms with E-state index in [4.69, 9.17) is 11.6 Å². The number of amides is 1. The van der Waals surface area contributed by atoms with E-state index in [0.29, 0.717) is 10.7 Å². The van der Waals surface area contributed by atoms with Gasteiger partial charge in [-0.25, -0.2) is 0 Å². The molecule has 1 heterocycles. The van der Waals surface area contributed by atoms with Crippen LogP contribution in [0.4, 0.5) is 11.4 Å². The minimum absolute atomic E-state index is 0.142. The van der Waals surface area contributed by atoms with Crippen molar-refractivity contribution >= 4 is 34.7 Å². The van der Waals surface area contributed by atoms with E-state index in [-0.39, 0.29) is 17.8 Å². The number of carbonyl (C=O) groups excluding carboxylic acids is 2. The first-order valence-corrected chi connectivity index (χ1v) is 10.2. The first kappa shape index (κ1) is 20.9. The molecular formula is C23H25ClN2O3. The molecule has 152 valence electrons. The quantitative estimate of drug-likeness (QED) is 0.690. The highest BCUT2D eigenvalue weighted by Gasteiger charge is 2.43. The van der Waals surface area contributed by atoms with E-state index < -0.39 is 17.7 Å². The Morgan fingerprint density at radius 3 is 2.14 bits per heavy atom. The normalized spacial score (nSPS) is 16.5. The molecule has 0 saturated carbocycles. The van der Waals surface area contributed by atoms with Crippen LogP contribution in [0.25, 0.3) is 0 Å². The SMILES string of the molecule is CCC(=O)C1=C(O)C(=O)N(c2ccc(Cl)cc2)C1c1ccc(N(CC)CC)cc1. The lowest BCUT2D eigenvalue weighted by molar-refractivity contribution is -0.118. The minimum atomic E-state index is -0.679. The summed E-state index contributed by atoms with van der Waals surface area (Å²) in [6.45, 7) is 7.67. The van der Waals surface area contributed by atoms with E-state index in [0.717, 1.165) is 24.3 Å². The van der Waals surface area contributed by atoms with Crippen molar-refractivity contribution in [2.24, 2.45) is 0 Å². The molecule has 0 aromatic heterocycles. The van der Waals surface area contributed by atoms with Crippen molar-refractivity contribution in [1.82, 2.24) is 0 Å². The molecule has 6 heteroatoms. The number of halogens is 1. The molecule has 0 bridgehead atoms. The zero-order chi connectivity index (χ0) is 21.1. The van der Waals surface area contributed by atoms with Crippen LogP contribution in [0.5, 0.6) is 0 Å². The van der Waals surface area contributed by atoms with Gasteiger partial charge in [0, 0.05) is 35.9 Å². The maximum absolute atomic E-state index is 12.9. The lowest BCUT2D eigenvalue weighted by Gasteiger charge is -2.28. The van der Waals surface area contributed by atoms with E-state index in [1.807, 2.05) is 24.3 Å². The number of anilines is 2. The molecule has 1 aliphatic heterocycles. The molecule has 29 heavy (non-hydrogen) atoms. The van der Waals surface area contributed by atoms with E-state index in [2.05, 4.69) is 18.7 Å². The van der Waals surface area contributed by atoms with Crippen LogP contribution in [-0.2, 0) is 9.59 Å². The molecule has 0 saturated heterocycles. The lowest BCUT2D eigenvalue weighted by Crippen LogP contribution is -2.31. The van der Waals surface area contributed by atoms with Crippen LogP contribution in [0.1, 0.15) is 38.8 Å². The summed E-state index contributed by atoms with van der Waals surface area (Å²) >= 11 is 5.99. The first-order valence-electron chi connectivity index (χ1n) is 9.83.